The van der Waals surface area contributed by atoms with Crippen molar-refractivity contribution in [1.82, 2.24) is 5.32 Å². The van der Waals surface area contributed by atoms with Gasteiger partial charge in [0, 0.05) is 10.6 Å². The molecule has 3 nitrogen and oxygen atoms in total. The molecule has 0 aliphatic heterocycles. The van der Waals surface area contributed by atoms with Crippen LogP contribution in [0.15, 0.2) is 59.0 Å². The quantitative estimate of drug-likeness (QED) is 0.546. The maximum atomic E-state index is 6.22. The first-order chi connectivity index (χ1) is 12.2. The van der Waals surface area contributed by atoms with E-state index >= 15 is 0 Å². The van der Waals surface area contributed by atoms with Crippen LogP contribution in [0.2, 0.25) is 10.0 Å². The minimum Gasteiger partial charge on any atom is -0.496 e. The SMILES string of the molecule is COc1ccccc1CCNCc1ccc(-c2cc(Cl)ccc2Cl)o1. The van der Waals surface area contributed by atoms with Crippen molar-refractivity contribution in [1.29, 1.82) is 0 Å². The average Bonchev–Trinajstić information content (AvgIpc) is 3.10. The number of hydrogen-bond donors (Lipinski definition) is 1. The van der Waals surface area contributed by atoms with E-state index in [0.717, 1.165) is 30.0 Å². The third-order valence-electron chi connectivity index (χ3n) is 3.92. The summed E-state index contributed by atoms with van der Waals surface area (Å²) in [5.74, 6) is 2.49. The summed E-state index contributed by atoms with van der Waals surface area (Å²) >= 11 is 12.3. The normalized spacial score (nSPS) is 10.8. The van der Waals surface area contributed by atoms with E-state index in [9.17, 15) is 0 Å². The Labute approximate surface area is 157 Å². The Morgan fingerprint density at radius 2 is 1.88 bits per heavy atom. The lowest BCUT2D eigenvalue weighted by atomic mass is 10.1. The van der Waals surface area contributed by atoms with E-state index in [-0.39, 0.29) is 0 Å². The van der Waals surface area contributed by atoms with Crippen LogP contribution in [0.25, 0.3) is 11.3 Å². The van der Waals surface area contributed by atoms with Crippen molar-refractivity contribution in [2.45, 2.75) is 13.0 Å². The van der Waals surface area contributed by atoms with Crippen molar-refractivity contribution in [2.24, 2.45) is 0 Å². The Morgan fingerprint density at radius 3 is 2.72 bits per heavy atom. The van der Waals surface area contributed by atoms with E-state index in [1.54, 1.807) is 19.2 Å². The number of para-hydroxylation sites is 1. The Balaban J connectivity index is 1.56. The molecule has 0 aliphatic rings. The Kier molecular flexibility index (Phi) is 6.03. The molecule has 3 rings (SSSR count). The summed E-state index contributed by atoms with van der Waals surface area (Å²) in [4.78, 5) is 0. The fourth-order valence-corrected chi connectivity index (χ4v) is 3.03. The van der Waals surface area contributed by atoms with Crippen LogP contribution >= 0.6 is 23.2 Å². The lowest BCUT2D eigenvalue weighted by Crippen LogP contribution is -2.16. The molecule has 1 heterocycles. The van der Waals surface area contributed by atoms with Crippen molar-refractivity contribution in [3.63, 3.8) is 0 Å². The fourth-order valence-electron chi connectivity index (χ4n) is 2.65. The van der Waals surface area contributed by atoms with Gasteiger partial charge in [-0.15, -0.1) is 0 Å². The molecule has 0 radical (unpaired) electrons. The van der Waals surface area contributed by atoms with Gasteiger partial charge >= 0.3 is 0 Å². The number of ether oxygens (including phenoxy) is 1. The summed E-state index contributed by atoms with van der Waals surface area (Å²) in [6, 6.07) is 17.2. The van der Waals surface area contributed by atoms with Gasteiger partial charge in [-0.25, -0.2) is 0 Å². The lowest BCUT2D eigenvalue weighted by Gasteiger charge is -2.08. The van der Waals surface area contributed by atoms with E-state index in [1.807, 2.05) is 36.4 Å². The third kappa shape index (κ3) is 4.57. The van der Waals surface area contributed by atoms with Gasteiger partial charge in [-0.3, -0.25) is 0 Å². The van der Waals surface area contributed by atoms with Crippen LogP contribution in [-0.2, 0) is 13.0 Å². The number of halogens is 2. The Hall–Kier alpha value is -1.94. The first-order valence-electron chi connectivity index (χ1n) is 8.04. The zero-order valence-electron chi connectivity index (χ0n) is 13.9. The van der Waals surface area contributed by atoms with E-state index in [4.69, 9.17) is 32.4 Å². The highest BCUT2D eigenvalue weighted by Crippen LogP contribution is 2.31. The number of methoxy groups -OCH3 is 1. The number of hydrogen-bond acceptors (Lipinski definition) is 3. The average molecular weight is 376 g/mol. The third-order valence-corrected chi connectivity index (χ3v) is 4.48. The van der Waals surface area contributed by atoms with Crippen molar-refractivity contribution >= 4 is 23.2 Å². The number of nitrogens with one attached hydrogen (secondary N) is 1. The molecule has 3 aromatic rings. The summed E-state index contributed by atoms with van der Waals surface area (Å²) in [7, 11) is 1.69. The molecular weight excluding hydrogens is 357 g/mol. The van der Waals surface area contributed by atoms with Gasteiger partial charge in [-0.1, -0.05) is 41.4 Å². The molecule has 0 saturated carbocycles. The summed E-state index contributed by atoms with van der Waals surface area (Å²) in [5.41, 5.74) is 1.98. The summed E-state index contributed by atoms with van der Waals surface area (Å²) < 4.78 is 11.2. The standard InChI is InChI=1S/C20H19Cl2NO2/c1-24-19-5-3-2-4-14(19)10-11-23-13-16-7-9-20(25-16)17-12-15(21)6-8-18(17)22/h2-9,12,23H,10-11,13H2,1H3. The van der Waals surface area contributed by atoms with Gasteiger partial charge in [0.25, 0.3) is 0 Å². The molecule has 5 heteroatoms. The van der Waals surface area contributed by atoms with Crippen LogP contribution in [0.1, 0.15) is 11.3 Å². The van der Waals surface area contributed by atoms with Crippen LogP contribution in [0.4, 0.5) is 0 Å². The topological polar surface area (TPSA) is 34.4 Å². The van der Waals surface area contributed by atoms with Gasteiger partial charge in [-0.05, 0) is 54.9 Å². The van der Waals surface area contributed by atoms with Crippen LogP contribution in [0.5, 0.6) is 5.75 Å². The second-order valence-corrected chi connectivity index (χ2v) is 6.47. The number of rotatable bonds is 7. The van der Waals surface area contributed by atoms with Gasteiger partial charge in [0.15, 0.2) is 0 Å². The lowest BCUT2D eigenvalue weighted by molar-refractivity contribution is 0.408. The monoisotopic (exact) mass is 375 g/mol. The predicted octanol–water partition coefficient (Wildman–Crippen LogP) is 5.59. The van der Waals surface area contributed by atoms with Crippen LogP contribution in [0, 0.1) is 0 Å². The van der Waals surface area contributed by atoms with Gasteiger partial charge in [-0.2, -0.15) is 0 Å². The Bertz CT molecular complexity index is 845. The first-order valence-corrected chi connectivity index (χ1v) is 8.79. The summed E-state index contributed by atoms with van der Waals surface area (Å²) in [5, 5.41) is 4.64. The van der Waals surface area contributed by atoms with E-state index < -0.39 is 0 Å². The van der Waals surface area contributed by atoms with Crippen molar-refractivity contribution < 1.29 is 9.15 Å². The first kappa shape index (κ1) is 17.9. The minimum absolute atomic E-state index is 0.620. The largest absolute Gasteiger partial charge is 0.496 e. The number of furan rings is 1. The maximum absolute atomic E-state index is 6.22. The molecule has 2 aromatic carbocycles. The highest BCUT2D eigenvalue weighted by atomic mass is 35.5. The predicted molar refractivity (Wildman–Crippen MR) is 103 cm³/mol. The van der Waals surface area contributed by atoms with Crippen molar-refractivity contribution in [2.75, 3.05) is 13.7 Å². The highest BCUT2D eigenvalue weighted by molar-refractivity contribution is 6.35. The highest BCUT2D eigenvalue weighted by Gasteiger charge is 2.09. The smallest absolute Gasteiger partial charge is 0.135 e. The molecular formula is C20H19Cl2NO2. The molecule has 0 bridgehead atoms. The second-order valence-electron chi connectivity index (χ2n) is 5.63. The fraction of sp³-hybridized carbons (Fsp3) is 0.200. The molecule has 0 aliphatic carbocycles. The molecule has 130 valence electrons. The van der Waals surface area contributed by atoms with Crippen LogP contribution in [-0.4, -0.2) is 13.7 Å². The molecule has 0 unspecified atom stereocenters. The molecule has 0 amide bonds. The second kappa shape index (κ2) is 8.43. The molecule has 1 N–H and O–H groups in total. The Morgan fingerprint density at radius 1 is 1.04 bits per heavy atom. The molecule has 0 saturated heterocycles. The van der Waals surface area contributed by atoms with E-state index in [1.165, 1.54) is 5.56 Å². The van der Waals surface area contributed by atoms with E-state index in [0.29, 0.717) is 22.4 Å². The number of benzene rings is 2. The van der Waals surface area contributed by atoms with Gasteiger partial charge in [0.05, 0.1) is 18.7 Å². The van der Waals surface area contributed by atoms with Crippen LogP contribution < -0.4 is 10.1 Å². The molecule has 1 aromatic heterocycles. The van der Waals surface area contributed by atoms with Gasteiger partial charge in [0.2, 0.25) is 0 Å². The zero-order valence-corrected chi connectivity index (χ0v) is 15.4. The van der Waals surface area contributed by atoms with Gasteiger partial charge < -0.3 is 14.5 Å². The molecule has 0 fully saturated rings. The molecule has 0 atom stereocenters. The van der Waals surface area contributed by atoms with E-state index in [2.05, 4.69) is 11.4 Å². The summed E-state index contributed by atoms with van der Waals surface area (Å²) in [6.45, 7) is 1.47. The zero-order chi connectivity index (χ0) is 17.6. The molecule has 25 heavy (non-hydrogen) atoms. The van der Waals surface area contributed by atoms with Crippen molar-refractivity contribution in [3.8, 4) is 17.1 Å². The van der Waals surface area contributed by atoms with Crippen LogP contribution in [0.3, 0.4) is 0 Å². The molecule has 0 spiro atoms. The minimum atomic E-state index is 0.620. The summed E-state index contributed by atoms with van der Waals surface area (Å²) in [6.07, 6.45) is 0.887. The van der Waals surface area contributed by atoms with Crippen molar-refractivity contribution in [3.05, 3.63) is 76.0 Å². The van der Waals surface area contributed by atoms with Gasteiger partial charge in [0.1, 0.15) is 17.3 Å². The maximum Gasteiger partial charge on any atom is 0.135 e.